The van der Waals surface area contributed by atoms with Gasteiger partial charge in [-0.1, -0.05) is 0 Å². The van der Waals surface area contributed by atoms with Gasteiger partial charge in [0.15, 0.2) is 5.82 Å². The largest absolute Gasteiger partial charge is 0.444 e. The highest BCUT2D eigenvalue weighted by atomic mass is 19.3. The van der Waals surface area contributed by atoms with Crippen molar-refractivity contribution in [1.29, 1.82) is 0 Å². The lowest BCUT2D eigenvalue weighted by atomic mass is 9.92. The summed E-state index contributed by atoms with van der Waals surface area (Å²) >= 11 is 0. The van der Waals surface area contributed by atoms with Crippen molar-refractivity contribution < 1.29 is 23.1 Å². The second-order valence-corrected chi connectivity index (χ2v) is 13.1. The van der Waals surface area contributed by atoms with E-state index in [1.54, 1.807) is 42.0 Å². The number of aromatic nitrogens is 4. The number of carbonyl (C=O) groups is 2. The molecular formula is C32H41F2N7O3. The van der Waals surface area contributed by atoms with Crippen molar-refractivity contribution in [3.63, 3.8) is 0 Å². The number of benzene rings is 1. The zero-order valence-corrected chi connectivity index (χ0v) is 26.1. The molecular weight excluding hydrogens is 568 g/mol. The molecule has 3 aliphatic rings. The number of halogens is 2. The minimum Gasteiger partial charge on any atom is -0.444 e. The van der Waals surface area contributed by atoms with Crippen LogP contribution in [0.1, 0.15) is 81.8 Å². The van der Waals surface area contributed by atoms with Crippen molar-refractivity contribution in [2.45, 2.75) is 84.4 Å². The third-order valence-corrected chi connectivity index (χ3v) is 8.85. The standard InChI is InChI=1S/C32H41F2N7O3/c1-20(42)39-14-10-27-26(19-39)30(36-41(27)23-8-12-38(13-9-23)31(43)44-32(2,3)4)40-11-6-7-21-15-24(22-17-35-37(5)18-22)25(29(33)34)16-28(21)40/h15-18,23,29H,6-14,19H2,1-5H3. The van der Waals surface area contributed by atoms with Crippen LogP contribution in [0.2, 0.25) is 0 Å². The lowest BCUT2D eigenvalue weighted by molar-refractivity contribution is -0.129. The Balaban J connectivity index is 1.36. The van der Waals surface area contributed by atoms with E-state index in [4.69, 9.17) is 9.84 Å². The van der Waals surface area contributed by atoms with Gasteiger partial charge in [0, 0.05) is 80.8 Å². The molecule has 0 spiro atoms. The van der Waals surface area contributed by atoms with Crippen LogP contribution >= 0.6 is 0 Å². The van der Waals surface area contributed by atoms with Crippen molar-refractivity contribution in [2.75, 3.05) is 31.1 Å². The van der Waals surface area contributed by atoms with E-state index in [-0.39, 0.29) is 23.6 Å². The van der Waals surface area contributed by atoms with E-state index in [1.807, 2.05) is 31.7 Å². The fourth-order valence-electron chi connectivity index (χ4n) is 6.70. The number of nitrogens with zero attached hydrogens (tertiary/aromatic N) is 7. The van der Waals surface area contributed by atoms with Gasteiger partial charge >= 0.3 is 6.09 Å². The first-order valence-electron chi connectivity index (χ1n) is 15.4. The second kappa shape index (κ2) is 11.5. The quantitative estimate of drug-likeness (QED) is 0.373. The summed E-state index contributed by atoms with van der Waals surface area (Å²) in [6.45, 7) is 9.96. The van der Waals surface area contributed by atoms with Gasteiger partial charge in [-0.15, -0.1) is 0 Å². The number of anilines is 2. The van der Waals surface area contributed by atoms with Crippen LogP contribution in [-0.2, 0) is 36.0 Å². The van der Waals surface area contributed by atoms with Crippen LogP contribution in [0.3, 0.4) is 0 Å². The minimum absolute atomic E-state index is 0.000150. The van der Waals surface area contributed by atoms with Gasteiger partial charge in [0.1, 0.15) is 5.60 Å². The molecule has 0 N–H and O–H groups in total. The summed E-state index contributed by atoms with van der Waals surface area (Å²) in [5, 5.41) is 9.39. The molecule has 2 amide bonds. The number of carbonyl (C=O) groups excluding carboxylic acids is 2. The van der Waals surface area contributed by atoms with Gasteiger partial charge in [0.25, 0.3) is 6.43 Å². The van der Waals surface area contributed by atoms with Crippen molar-refractivity contribution in [3.05, 3.63) is 46.9 Å². The maximum absolute atomic E-state index is 14.5. The summed E-state index contributed by atoms with van der Waals surface area (Å²) in [7, 11) is 1.77. The monoisotopic (exact) mass is 609 g/mol. The molecule has 2 aromatic heterocycles. The second-order valence-electron chi connectivity index (χ2n) is 13.1. The van der Waals surface area contributed by atoms with E-state index in [0.29, 0.717) is 50.3 Å². The van der Waals surface area contributed by atoms with Crippen molar-refractivity contribution >= 4 is 23.5 Å². The zero-order chi connectivity index (χ0) is 31.3. The molecule has 0 aliphatic carbocycles. The molecule has 10 nitrogen and oxygen atoms in total. The van der Waals surface area contributed by atoms with Gasteiger partial charge < -0.3 is 19.4 Å². The predicted molar refractivity (Wildman–Crippen MR) is 162 cm³/mol. The Hall–Kier alpha value is -3.96. The Morgan fingerprint density at radius 2 is 1.80 bits per heavy atom. The molecule has 236 valence electrons. The number of alkyl halides is 2. The number of fused-ring (bicyclic) bond motifs is 2. The van der Waals surface area contributed by atoms with E-state index in [2.05, 4.69) is 14.7 Å². The van der Waals surface area contributed by atoms with E-state index in [1.165, 1.54) is 0 Å². The molecule has 0 saturated carbocycles. The molecule has 1 aromatic carbocycles. The Kier molecular flexibility index (Phi) is 7.87. The van der Waals surface area contributed by atoms with E-state index in [9.17, 15) is 18.4 Å². The first kappa shape index (κ1) is 30.1. The minimum atomic E-state index is -2.66. The smallest absolute Gasteiger partial charge is 0.410 e. The Morgan fingerprint density at radius 3 is 2.43 bits per heavy atom. The van der Waals surface area contributed by atoms with Crippen LogP contribution in [0.15, 0.2) is 24.5 Å². The normalized spacial score (nSPS) is 17.6. The van der Waals surface area contributed by atoms with Crippen molar-refractivity contribution in [2.24, 2.45) is 7.05 Å². The van der Waals surface area contributed by atoms with E-state index in [0.717, 1.165) is 54.0 Å². The molecule has 0 bridgehead atoms. The Morgan fingerprint density at radius 1 is 1.05 bits per heavy atom. The van der Waals surface area contributed by atoms with Crippen LogP contribution in [0.5, 0.6) is 0 Å². The molecule has 5 heterocycles. The molecule has 44 heavy (non-hydrogen) atoms. The summed E-state index contributed by atoms with van der Waals surface area (Å²) < 4.78 is 38.3. The average molecular weight is 610 g/mol. The summed E-state index contributed by atoms with van der Waals surface area (Å²) in [6.07, 6.45) is 4.16. The van der Waals surface area contributed by atoms with Gasteiger partial charge in [0.05, 0.1) is 18.8 Å². The number of piperidine rings is 1. The lowest BCUT2D eigenvalue weighted by Crippen LogP contribution is -2.42. The molecule has 1 saturated heterocycles. The summed E-state index contributed by atoms with van der Waals surface area (Å²) in [6, 6.07) is 3.59. The van der Waals surface area contributed by atoms with E-state index < -0.39 is 12.0 Å². The van der Waals surface area contributed by atoms with Crippen LogP contribution < -0.4 is 4.90 Å². The van der Waals surface area contributed by atoms with Crippen molar-refractivity contribution in [1.82, 2.24) is 29.4 Å². The predicted octanol–water partition coefficient (Wildman–Crippen LogP) is 5.78. The molecule has 0 atom stereocenters. The summed E-state index contributed by atoms with van der Waals surface area (Å²) in [5.41, 5.74) is 4.38. The fourth-order valence-corrected chi connectivity index (χ4v) is 6.70. The highest BCUT2D eigenvalue weighted by molar-refractivity contribution is 5.78. The SMILES string of the molecule is CC(=O)N1CCc2c(c(N3CCCc4cc(-c5cnn(C)c5)c(C(F)F)cc43)nn2C2CCN(C(=O)OC(C)(C)C)CC2)C1. The molecule has 0 unspecified atom stereocenters. The molecule has 12 heteroatoms. The van der Waals surface area contributed by atoms with Crippen LogP contribution in [0, 0.1) is 0 Å². The maximum Gasteiger partial charge on any atom is 0.410 e. The van der Waals surface area contributed by atoms with Crippen LogP contribution in [0.25, 0.3) is 11.1 Å². The van der Waals surface area contributed by atoms with Crippen LogP contribution in [0.4, 0.5) is 25.1 Å². The van der Waals surface area contributed by atoms with Gasteiger partial charge in [-0.25, -0.2) is 13.6 Å². The number of rotatable bonds is 4. The maximum atomic E-state index is 14.5. The lowest BCUT2D eigenvalue weighted by Gasteiger charge is -2.34. The fraction of sp³-hybridized carbons (Fsp3) is 0.562. The molecule has 1 fully saturated rings. The van der Waals surface area contributed by atoms with Crippen molar-refractivity contribution in [3.8, 4) is 11.1 Å². The topological polar surface area (TPSA) is 88.7 Å². The first-order valence-corrected chi connectivity index (χ1v) is 15.4. The molecule has 3 aliphatic heterocycles. The Bertz CT molecular complexity index is 1570. The third-order valence-electron chi connectivity index (χ3n) is 8.85. The zero-order valence-electron chi connectivity index (χ0n) is 26.1. The number of likely N-dealkylation sites (tertiary alicyclic amines) is 1. The van der Waals surface area contributed by atoms with Gasteiger partial charge in [0.2, 0.25) is 5.91 Å². The summed E-state index contributed by atoms with van der Waals surface area (Å²) in [5.74, 6) is 0.732. The highest BCUT2D eigenvalue weighted by Crippen LogP contribution is 2.43. The molecule has 6 rings (SSSR count). The molecule has 0 radical (unpaired) electrons. The van der Waals surface area contributed by atoms with Gasteiger partial charge in [-0.3, -0.25) is 14.2 Å². The average Bonchev–Trinajstić information content (AvgIpc) is 3.58. The van der Waals surface area contributed by atoms with E-state index >= 15 is 0 Å². The molecule has 3 aromatic rings. The van der Waals surface area contributed by atoms with Crippen LogP contribution in [-0.4, -0.2) is 73.1 Å². The highest BCUT2D eigenvalue weighted by Gasteiger charge is 2.35. The van der Waals surface area contributed by atoms with Gasteiger partial charge in [-0.2, -0.15) is 10.2 Å². The number of ether oxygens (including phenoxy) is 1. The number of aryl methyl sites for hydroxylation is 2. The Labute approximate surface area is 256 Å². The third kappa shape index (κ3) is 5.78. The number of hydrogen-bond donors (Lipinski definition) is 0. The van der Waals surface area contributed by atoms with Gasteiger partial charge in [-0.05, 0) is 69.7 Å². The first-order chi connectivity index (χ1) is 20.9. The summed E-state index contributed by atoms with van der Waals surface area (Å²) in [4.78, 5) is 30.8. The number of hydrogen-bond acceptors (Lipinski definition) is 6. The number of amides is 2.